The van der Waals surface area contributed by atoms with Crippen molar-refractivity contribution in [1.29, 1.82) is 0 Å². The van der Waals surface area contributed by atoms with E-state index in [1.54, 1.807) is 60.7 Å². The molecule has 0 aliphatic rings. The zero-order valence-corrected chi connectivity index (χ0v) is 26.6. The quantitative estimate of drug-likeness (QED) is 0.271. The summed E-state index contributed by atoms with van der Waals surface area (Å²) < 4.78 is 0. The molecule has 5 N–H and O–H groups in total. The van der Waals surface area contributed by atoms with Gasteiger partial charge in [0.1, 0.15) is 0 Å². The number of anilines is 4. The molecule has 4 rings (SSSR count). The Balaban J connectivity index is 0.000000381. The fourth-order valence-electron chi connectivity index (χ4n) is 3.36. The van der Waals surface area contributed by atoms with Gasteiger partial charge in [-0.3, -0.25) is 0 Å². The SMILES string of the molecule is Cc1ccc(Cl)c(Nc2ccccc2C(=O)O)c1Cl.Cc1ccc(Cl)c(Nc2ccccc2C(=O)[O-])c1Cl.O.[Na+]. The summed E-state index contributed by atoms with van der Waals surface area (Å²) in [6, 6.07) is 20.0. The second kappa shape index (κ2) is 16.1. The van der Waals surface area contributed by atoms with E-state index in [4.69, 9.17) is 51.5 Å². The zero-order valence-electron chi connectivity index (χ0n) is 21.6. The summed E-state index contributed by atoms with van der Waals surface area (Å²) in [6.45, 7) is 3.70. The number of nitrogens with one attached hydrogen (secondary N) is 2. The minimum absolute atomic E-state index is 0. The van der Waals surface area contributed by atoms with E-state index in [-0.39, 0.29) is 46.2 Å². The summed E-state index contributed by atoms with van der Waals surface area (Å²) in [5.74, 6) is -2.27. The molecule has 0 unspecified atom stereocenters. The van der Waals surface area contributed by atoms with E-state index in [0.717, 1.165) is 11.1 Å². The number of rotatable bonds is 6. The van der Waals surface area contributed by atoms with Gasteiger partial charge < -0.3 is 31.1 Å². The maximum absolute atomic E-state index is 11.1. The van der Waals surface area contributed by atoms with Gasteiger partial charge in [-0.15, -0.1) is 0 Å². The molecule has 0 bridgehead atoms. The molecule has 0 aliphatic carbocycles. The number of carbonyl (C=O) groups is 2. The van der Waals surface area contributed by atoms with Crippen molar-refractivity contribution in [3.8, 4) is 0 Å². The van der Waals surface area contributed by atoms with Crippen LogP contribution in [0.2, 0.25) is 20.1 Å². The fourth-order valence-corrected chi connectivity index (χ4v) is 4.29. The Morgan fingerprint density at radius 1 is 0.675 bits per heavy atom. The summed E-state index contributed by atoms with van der Waals surface area (Å²) in [5, 5.41) is 27.9. The number of hydrogen-bond donors (Lipinski definition) is 3. The number of aromatic carboxylic acids is 2. The number of para-hydroxylation sites is 2. The number of carboxylic acid groups (broad SMARTS) is 2. The Morgan fingerprint density at radius 2 is 1.05 bits per heavy atom. The van der Waals surface area contributed by atoms with Gasteiger partial charge in [0.15, 0.2) is 0 Å². The molecule has 40 heavy (non-hydrogen) atoms. The maximum atomic E-state index is 11.1. The Hall–Kier alpha value is -2.46. The molecule has 0 heterocycles. The van der Waals surface area contributed by atoms with Crippen molar-refractivity contribution < 1.29 is 54.8 Å². The van der Waals surface area contributed by atoms with Crippen LogP contribution in [0.5, 0.6) is 0 Å². The molecule has 0 amide bonds. The van der Waals surface area contributed by atoms with Gasteiger partial charge in [0.25, 0.3) is 0 Å². The van der Waals surface area contributed by atoms with Gasteiger partial charge in [-0.25, -0.2) is 4.79 Å². The van der Waals surface area contributed by atoms with Crippen LogP contribution in [0.4, 0.5) is 22.7 Å². The van der Waals surface area contributed by atoms with Crippen molar-refractivity contribution in [2.75, 3.05) is 10.6 Å². The molecule has 7 nitrogen and oxygen atoms in total. The summed E-state index contributed by atoms with van der Waals surface area (Å²) in [4.78, 5) is 22.2. The van der Waals surface area contributed by atoms with Crippen molar-refractivity contribution in [2.45, 2.75) is 13.8 Å². The Bertz CT molecular complexity index is 1410. The van der Waals surface area contributed by atoms with Crippen molar-refractivity contribution >= 4 is 81.1 Å². The average Bonchev–Trinajstić information content (AvgIpc) is 2.89. The summed E-state index contributed by atoms with van der Waals surface area (Å²) in [5.41, 5.74) is 3.75. The van der Waals surface area contributed by atoms with Gasteiger partial charge in [-0.1, -0.05) is 88.9 Å². The van der Waals surface area contributed by atoms with Crippen molar-refractivity contribution in [1.82, 2.24) is 0 Å². The fraction of sp³-hybridized carbons (Fsp3) is 0.0714. The standard InChI is InChI=1S/2C14H11Cl2NO2.Na.H2O/c2*1-8-6-7-10(15)13(12(8)16)17-11-5-3-2-4-9(11)14(18)19;;/h2*2-7,17H,1H3,(H,18,19);;1H2/q;;+1;/p-1. The number of aryl methyl sites for hydroxylation is 2. The van der Waals surface area contributed by atoms with Gasteiger partial charge in [-0.05, 0) is 55.3 Å². The largest absolute Gasteiger partial charge is 1.00 e. The predicted molar refractivity (Wildman–Crippen MR) is 157 cm³/mol. The van der Waals surface area contributed by atoms with Crippen LogP contribution in [-0.2, 0) is 0 Å². The third-order valence-electron chi connectivity index (χ3n) is 5.39. The van der Waals surface area contributed by atoms with Crippen LogP contribution in [0, 0.1) is 13.8 Å². The molecule has 204 valence electrons. The van der Waals surface area contributed by atoms with E-state index in [0.29, 0.717) is 42.8 Å². The monoisotopic (exact) mass is 630 g/mol. The molecular formula is C28H23Cl4N2NaO5. The van der Waals surface area contributed by atoms with E-state index < -0.39 is 11.9 Å². The van der Waals surface area contributed by atoms with E-state index in [2.05, 4.69) is 10.6 Å². The second-order valence-corrected chi connectivity index (χ2v) is 9.61. The zero-order chi connectivity index (χ0) is 28.0. The molecular weight excluding hydrogens is 609 g/mol. The third kappa shape index (κ3) is 8.77. The first-order chi connectivity index (χ1) is 18.0. The first kappa shape index (κ1) is 35.6. The van der Waals surface area contributed by atoms with Crippen molar-refractivity contribution in [3.05, 3.63) is 115 Å². The molecule has 0 fully saturated rings. The van der Waals surface area contributed by atoms with E-state index in [9.17, 15) is 14.7 Å². The van der Waals surface area contributed by atoms with Crippen molar-refractivity contribution in [3.63, 3.8) is 0 Å². The number of benzene rings is 4. The molecule has 0 spiro atoms. The van der Waals surface area contributed by atoms with Gasteiger partial charge in [-0.2, -0.15) is 0 Å². The van der Waals surface area contributed by atoms with Crippen LogP contribution < -0.4 is 45.3 Å². The van der Waals surface area contributed by atoms with Gasteiger partial charge in [0.2, 0.25) is 0 Å². The first-order valence-corrected chi connectivity index (χ1v) is 12.6. The van der Waals surface area contributed by atoms with Crippen molar-refractivity contribution in [2.24, 2.45) is 0 Å². The van der Waals surface area contributed by atoms with Crippen LogP contribution in [0.1, 0.15) is 31.8 Å². The molecule has 4 aromatic carbocycles. The van der Waals surface area contributed by atoms with E-state index >= 15 is 0 Å². The Labute approximate surface area is 273 Å². The molecule has 0 atom stereocenters. The van der Waals surface area contributed by atoms with Gasteiger partial charge in [0, 0.05) is 11.3 Å². The Kier molecular flexibility index (Phi) is 14.3. The molecule has 0 saturated heterocycles. The number of hydrogen-bond acceptors (Lipinski definition) is 5. The van der Waals surface area contributed by atoms with Crippen LogP contribution in [0.15, 0.2) is 72.8 Å². The van der Waals surface area contributed by atoms with Gasteiger partial charge in [0.05, 0.1) is 48.7 Å². The summed E-state index contributed by atoms with van der Waals surface area (Å²) >= 11 is 24.5. The molecule has 0 aromatic heterocycles. The molecule has 12 heteroatoms. The van der Waals surface area contributed by atoms with E-state index in [1.807, 2.05) is 13.8 Å². The average molecular weight is 632 g/mol. The van der Waals surface area contributed by atoms with E-state index in [1.165, 1.54) is 12.1 Å². The topological polar surface area (TPSA) is 133 Å². The Morgan fingerprint density at radius 3 is 1.45 bits per heavy atom. The number of carboxylic acids is 2. The minimum Gasteiger partial charge on any atom is -0.545 e. The van der Waals surface area contributed by atoms with Gasteiger partial charge >= 0.3 is 35.5 Å². The smallest absolute Gasteiger partial charge is 0.545 e. The summed E-state index contributed by atoms with van der Waals surface area (Å²) in [6.07, 6.45) is 0. The van der Waals surface area contributed by atoms with Crippen LogP contribution in [0.25, 0.3) is 0 Å². The molecule has 0 aliphatic heterocycles. The maximum Gasteiger partial charge on any atom is 1.00 e. The number of carbonyl (C=O) groups excluding carboxylic acids is 1. The molecule has 0 saturated carbocycles. The van der Waals surface area contributed by atoms with Crippen LogP contribution in [-0.4, -0.2) is 22.5 Å². The molecule has 0 radical (unpaired) electrons. The normalized spacial score (nSPS) is 9.75. The second-order valence-electron chi connectivity index (χ2n) is 8.04. The third-order valence-corrected chi connectivity index (χ3v) is 7.00. The first-order valence-electron chi connectivity index (χ1n) is 11.1. The number of halogens is 4. The summed E-state index contributed by atoms with van der Waals surface area (Å²) in [7, 11) is 0. The van der Waals surface area contributed by atoms with Crippen LogP contribution in [0.3, 0.4) is 0 Å². The van der Waals surface area contributed by atoms with Crippen LogP contribution >= 0.6 is 46.4 Å². The predicted octanol–water partition coefficient (Wildman–Crippen LogP) is 4.33. The molecule has 4 aromatic rings. The minimum atomic E-state index is -1.26.